The minimum absolute atomic E-state index is 0.0744. The number of benzene rings is 2. The van der Waals surface area contributed by atoms with Gasteiger partial charge < -0.3 is 0 Å². The van der Waals surface area contributed by atoms with Crippen LogP contribution in [0.2, 0.25) is 5.02 Å². The lowest BCUT2D eigenvalue weighted by atomic mass is 10.2. The number of nitrogens with zero attached hydrogens (tertiary/aromatic N) is 1. The second-order valence-corrected chi connectivity index (χ2v) is 6.44. The highest BCUT2D eigenvalue weighted by Gasteiger charge is 2.18. The van der Waals surface area contributed by atoms with E-state index in [2.05, 4.69) is 4.72 Å². The maximum Gasteiger partial charge on any atom is 0.263 e. The Morgan fingerprint density at radius 1 is 1.24 bits per heavy atom. The van der Waals surface area contributed by atoms with Gasteiger partial charge in [-0.15, -0.1) is 0 Å². The average molecular weight is 325 g/mol. The van der Waals surface area contributed by atoms with Gasteiger partial charge in [-0.25, -0.2) is 12.8 Å². The van der Waals surface area contributed by atoms with E-state index in [4.69, 9.17) is 16.9 Å². The van der Waals surface area contributed by atoms with Gasteiger partial charge in [0.25, 0.3) is 10.0 Å². The van der Waals surface area contributed by atoms with Crippen LogP contribution < -0.4 is 4.72 Å². The highest BCUT2D eigenvalue weighted by atomic mass is 35.5. The molecule has 2 aromatic carbocycles. The Kier molecular flexibility index (Phi) is 4.16. The van der Waals surface area contributed by atoms with E-state index in [1.54, 1.807) is 6.92 Å². The fraction of sp³-hybridized carbons (Fsp3) is 0.0714. The largest absolute Gasteiger partial charge is 0.279 e. The first kappa shape index (κ1) is 15.3. The number of aryl methyl sites for hydroxylation is 1. The molecule has 7 heteroatoms. The monoisotopic (exact) mass is 324 g/mol. The molecule has 2 rings (SSSR count). The molecule has 108 valence electrons. The molecule has 0 saturated heterocycles. The summed E-state index contributed by atoms with van der Waals surface area (Å²) < 4.78 is 40.0. The maximum atomic E-state index is 13.3. The molecule has 0 heterocycles. The van der Waals surface area contributed by atoms with Crippen LogP contribution in [0.1, 0.15) is 11.1 Å². The van der Waals surface area contributed by atoms with E-state index < -0.39 is 15.8 Å². The van der Waals surface area contributed by atoms with Gasteiger partial charge in [0.15, 0.2) is 0 Å². The molecule has 2 aromatic rings. The Hall–Kier alpha value is -2.10. The molecule has 1 N–H and O–H groups in total. The molecule has 0 atom stereocenters. The lowest BCUT2D eigenvalue weighted by Gasteiger charge is -2.10. The van der Waals surface area contributed by atoms with Gasteiger partial charge in [0.05, 0.1) is 22.3 Å². The van der Waals surface area contributed by atoms with Crippen molar-refractivity contribution in [3.8, 4) is 6.07 Å². The molecular formula is C14H10ClFN2O2S. The van der Waals surface area contributed by atoms with Crippen LogP contribution in [0.5, 0.6) is 0 Å². The smallest absolute Gasteiger partial charge is 0.263 e. The van der Waals surface area contributed by atoms with Crippen LogP contribution in [-0.2, 0) is 10.0 Å². The van der Waals surface area contributed by atoms with Gasteiger partial charge >= 0.3 is 0 Å². The van der Waals surface area contributed by atoms with Crippen LogP contribution in [0.15, 0.2) is 41.3 Å². The summed E-state index contributed by atoms with van der Waals surface area (Å²) in [6.07, 6.45) is 0. The molecule has 0 amide bonds. The summed E-state index contributed by atoms with van der Waals surface area (Å²) in [6, 6.07) is 9.55. The third-order valence-electron chi connectivity index (χ3n) is 2.64. The van der Waals surface area contributed by atoms with E-state index in [0.717, 1.165) is 6.07 Å². The van der Waals surface area contributed by atoms with E-state index in [-0.39, 0.29) is 21.2 Å². The molecule has 0 aliphatic heterocycles. The van der Waals surface area contributed by atoms with Crippen LogP contribution in [0.25, 0.3) is 0 Å². The van der Waals surface area contributed by atoms with Crippen molar-refractivity contribution in [2.45, 2.75) is 11.8 Å². The lowest BCUT2D eigenvalue weighted by Crippen LogP contribution is -2.13. The van der Waals surface area contributed by atoms with Crippen LogP contribution in [0.4, 0.5) is 10.1 Å². The van der Waals surface area contributed by atoms with Crippen LogP contribution >= 0.6 is 11.6 Å². The van der Waals surface area contributed by atoms with Crippen molar-refractivity contribution in [3.05, 3.63) is 58.4 Å². The molecule has 4 nitrogen and oxygen atoms in total. The quantitative estimate of drug-likeness (QED) is 0.940. The number of nitrogens with one attached hydrogen (secondary N) is 1. The molecular weight excluding hydrogens is 315 g/mol. The highest BCUT2D eigenvalue weighted by Crippen LogP contribution is 2.25. The van der Waals surface area contributed by atoms with Gasteiger partial charge in [-0.2, -0.15) is 5.26 Å². The summed E-state index contributed by atoms with van der Waals surface area (Å²) in [7, 11) is -3.96. The number of anilines is 1. The fourth-order valence-electron chi connectivity index (χ4n) is 1.79. The zero-order valence-corrected chi connectivity index (χ0v) is 12.5. The molecule has 0 spiro atoms. The first-order valence-electron chi connectivity index (χ1n) is 5.81. The molecule has 0 fully saturated rings. The minimum Gasteiger partial charge on any atom is -0.279 e. The van der Waals surface area contributed by atoms with Crippen molar-refractivity contribution >= 4 is 27.3 Å². The molecule has 0 saturated carbocycles. The highest BCUT2D eigenvalue weighted by molar-refractivity contribution is 7.92. The molecule has 21 heavy (non-hydrogen) atoms. The Balaban J connectivity index is 2.41. The number of hydrogen-bond donors (Lipinski definition) is 1. The van der Waals surface area contributed by atoms with Gasteiger partial charge in [0.1, 0.15) is 10.7 Å². The SMILES string of the molecule is Cc1cc(F)cc(NS(=O)(=O)c2ccc(C#N)cc2Cl)c1. The topological polar surface area (TPSA) is 70.0 Å². The van der Waals surface area contributed by atoms with Crippen LogP contribution in [-0.4, -0.2) is 8.42 Å². The van der Waals surface area contributed by atoms with Crippen molar-refractivity contribution in [3.63, 3.8) is 0 Å². The maximum absolute atomic E-state index is 13.3. The fourth-order valence-corrected chi connectivity index (χ4v) is 3.38. The van der Waals surface area contributed by atoms with Gasteiger partial charge in [0, 0.05) is 0 Å². The summed E-state index contributed by atoms with van der Waals surface area (Å²) in [5, 5.41) is 8.66. The van der Waals surface area contributed by atoms with Gasteiger partial charge in [0.2, 0.25) is 0 Å². The number of nitriles is 1. The average Bonchev–Trinajstić information content (AvgIpc) is 2.36. The standard InChI is InChI=1S/C14H10ClFN2O2S/c1-9-4-11(16)7-12(5-9)18-21(19,20)14-3-2-10(8-17)6-13(14)15/h2-7,18H,1H3. The van der Waals surface area contributed by atoms with E-state index >= 15 is 0 Å². The Morgan fingerprint density at radius 2 is 1.95 bits per heavy atom. The Bertz CT molecular complexity index is 824. The van der Waals surface area contributed by atoms with Crippen molar-refractivity contribution in [2.75, 3.05) is 4.72 Å². The second kappa shape index (κ2) is 5.72. The summed E-state index contributed by atoms with van der Waals surface area (Å²) in [5.41, 5.74) is 0.937. The molecule has 0 unspecified atom stereocenters. The molecule has 0 aliphatic rings. The Labute approximate surface area is 126 Å². The first-order chi connectivity index (χ1) is 9.81. The van der Waals surface area contributed by atoms with Gasteiger partial charge in [-0.3, -0.25) is 4.72 Å². The van der Waals surface area contributed by atoms with E-state index in [1.165, 1.54) is 30.3 Å². The molecule has 0 aliphatic carbocycles. The lowest BCUT2D eigenvalue weighted by molar-refractivity contribution is 0.601. The molecule has 0 bridgehead atoms. The first-order valence-corrected chi connectivity index (χ1v) is 7.67. The van der Waals surface area contributed by atoms with Crippen molar-refractivity contribution < 1.29 is 12.8 Å². The zero-order valence-electron chi connectivity index (χ0n) is 10.9. The Morgan fingerprint density at radius 3 is 2.52 bits per heavy atom. The number of halogens is 2. The van der Waals surface area contributed by atoms with Crippen molar-refractivity contribution in [2.24, 2.45) is 0 Å². The normalized spacial score (nSPS) is 11.0. The zero-order chi connectivity index (χ0) is 15.6. The van der Waals surface area contributed by atoms with Gasteiger partial charge in [-0.1, -0.05) is 11.6 Å². The second-order valence-electron chi connectivity index (χ2n) is 4.38. The van der Waals surface area contributed by atoms with E-state index in [1.807, 2.05) is 6.07 Å². The third kappa shape index (κ3) is 3.51. The van der Waals surface area contributed by atoms with Crippen molar-refractivity contribution in [1.82, 2.24) is 0 Å². The molecule has 0 radical (unpaired) electrons. The third-order valence-corrected chi connectivity index (χ3v) is 4.51. The predicted molar refractivity (Wildman–Crippen MR) is 78.1 cm³/mol. The predicted octanol–water partition coefficient (Wildman–Crippen LogP) is 3.46. The summed E-state index contributed by atoms with van der Waals surface area (Å²) in [4.78, 5) is -0.176. The summed E-state index contributed by atoms with van der Waals surface area (Å²) in [6.45, 7) is 1.65. The van der Waals surface area contributed by atoms with Gasteiger partial charge in [-0.05, 0) is 48.9 Å². The number of rotatable bonds is 3. The van der Waals surface area contributed by atoms with Crippen LogP contribution in [0.3, 0.4) is 0 Å². The van der Waals surface area contributed by atoms with E-state index in [9.17, 15) is 12.8 Å². The minimum atomic E-state index is -3.96. The van der Waals surface area contributed by atoms with Crippen molar-refractivity contribution in [1.29, 1.82) is 5.26 Å². The number of hydrogen-bond acceptors (Lipinski definition) is 3. The summed E-state index contributed by atoms with van der Waals surface area (Å²) in [5.74, 6) is -0.543. The number of sulfonamides is 1. The molecule has 0 aromatic heterocycles. The van der Waals surface area contributed by atoms with E-state index in [0.29, 0.717) is 5.56 Å². The summed E-state index contributed by atoms with van der Waals surface area (Å²) >= 11 is 5.88. The van der Waals surface area contributed by atoms with Crippen LogP contribution in [0, 0.1) is 24.1 Å².